The average molecular weight is 433 g/mol. The van der Waals surface area contributed by atoms with Crippen LogP contribution in [-0.2, 0) is 14.2 Å². The van der Waals surface area contributed by atoms with E-state index >= 15 is 0 Å². The van der Waals surface area contributed by atoms with Gasteiger partial charge in [-0.05, 0) is 50.4 Å². The Labute approximate surface area is 176 Å². The molecule has 0 aromatic carbocycles. The van der Waals surface area contributed by atoms with Gasteiger partial charge >= 0.3 is 0 Å². The Bertz CT molecular complexity index is 561. The molecule has 2 aliphatic carbocycles. The van der Waals surface area contributed by atoms with Crippen molar-refractivity contribution >= 4 is 0 Å². The normalized spacial score (nSPS) is 52.6. The van der Waals surface area contributed by atoms with E-state index in [2.05, 4.69) is 0 Å². The van der Waals surface area contributed by atoms with E-state index in [1.54, 1.807) is 0 Å². The van der Waals surface area contributed by atoms with Crippen molar-refractivity contribution in [2.75, 3.05) is 6.61 Å². The summed E-state index contributed by atoms with van der Waals surface area (Å²) in [6.45, 7) is -0.507. The first-order chi connectivity index (χ1) is 14.4. The molecule has 12 atom stereocenters. The molecular formula is C21H36O9. The third-order valence-electron chi connectivity index (χ3n) is 7.52. The van der Waals surface area contributed by atoms with Crippen LogP contribution in [0.5, 0.6) is 0 Å². The minimum atomic E-state index is -1.49. The van der Waals surface area contributed by atoms with Crippen molar-refractivity contribution in [2.24, 2.45) is 11.8 Å². The molecule has 174 valence electrons. The predicted octanol–water partition coefficient (Wildman–Crippen LogP) is -0.959. The van der Waals surface area contributed by atoms with Gasteiger partial charge in [-0.15, -0.1) is 0 Å². The highest BCUT2D eigenvalue weighted by molar-refractivity contribution is 4.96. The van der Waals surface area contributed by atoms with E-state index in [9.17, 15) is 30.6 Å². The van der Waals surface area contributed by atoms with Crippen molar-refractivity contribution < 1.29 is 44.8 Å². The van der Waals surface area contributed by atoms with Crippen molar-refractivity contribution in [3.63, 3.8) is 0 Å². The van der Waals surface area contributed by atoms with Gasteiger partial charge in [0, 0.05) is 0 Å². The van der Waals surface area contributed by atoms with E-state index in [1.807, 2.05) is 0 Å². The highest BCUT2D eigenvalue weighted by atomic mass is 16.7. The molecule has 4 aliphatic rings. The molecule has 6 N–H and O–H groups in total. The molecule has 2 saturated carbocycles. The maximum Gasteiger partial charge on any atom is 0.187 e. The lowest BCUT2D eigenvalue weighted by molar-refractivity contribution is -0.330. The smallest absolute Gasteiger partial charge is 0.187 e. The summed E-state index contributed by atoms with van der Waals surface area (Å²) in [5, 5.41) is 60.1. The minimum absolute atomic E-state index is 0.00108. The van der Waals surface area contributed by atoms with E-state index in [0.717, 1.165) is 32.1 Å². The van der Waals surface area contributed by atoms with Crippen LogP contribution in [0.15, 0.2) is 0 Å². The lowest BCUT2D eigenvalue weighted by Gasteiger charge is -2.49. The molecule has 0 amide bonds. The monoisotopic (exact) mass is 432 g/mol. The van der Waals surface area contributed by atoms with Gasteiger partial charge in [0.25, 0.3) is 0 Å². The van der Waals surface area contributed by atoms with Crippen LogP contribution in [0, 0.1) is 11.8 Å². The fraction of sp³-hybridized carbons (Fsp3) is 1.00. The summed E-state index contributed by atoms with van der Waals surface area (Å²) in [5.74, 6) is 0.338. The van der Waals surface area contributed by atoms with E-state index in [4.69, 9.17) is 14.2 Å². The summed E-state index contributed by atoms with van der Waals surface area (Å²) < 4.78 is 18.2. The van der Waals surface area contributed by atoms with Crippen LogP contribution in [-0.4, -0.2) is 98.5 Å². The Balaban J connectivity index is 1.50. The van der Waals surface area contributed by atoms with Gasteiger partial charge < -0.3 is 44.8 Å². The summed E-state index contributed by atoms with van der Waals surface area (Å²) in [6.07, 6.45) is -2.09. The summed E-state index contributed by atoms with van der Waals surface area (Å²) in [6, 6.07) is 0. The molecule has 0 aromatic rings. The summed E-state index contributed by atoms with van der Waals surface area (Å²) >= 11 is 0. The second kappa shape index (κ2) is 9.64. The number of fused-ring (bicyclic) bond motifs is 1. The average Bonchev–Trinajstić information content (AvgIpc) is 2.75. The van der Waals surface area contributed by atoms with Crippen molar-refractivity contribution in [1.29, 1.82) is 0 Å². The second-order valence-electron chi connectivity index (χ2n) is 9.50. The van der Waals surface area contributed by atoms with E-state index < -0.39 is 55.6 Å². The van der Waals surface area contributed by atoms with Gasteiger partial charge in [0.1, 0.15) is 24.4 Å². The number of ether oxygens (including phenoxy) is 3. The lowest BCUT2D eigenvalue weighted by atomic mass is 9.74. The molecule has 0 aromatic heterocycles. The first-order valence-corrected chi connectivity index (χ1v) is 11.4. The maximum atomic E-state index is 10.4. The van der Waals surface area contributed by atoms with E-state index in [1.165, 1.54) is 0 Å². The van der Waals surface area contributed by atoms with Gasteiger partial charge in [-0.3, -0.25) is 0 Å². The molecule has 0 radical (unpaired) electrons. The summed E-state index contributed by atoms with van der Waals surface area (Å²) in [7, 11) is 0. The van der Waals surface area contributed by atoms with Crippen molar-refractivity contribution in [2.45, 2.75) is 113 Å². The van der Waals surface area contributed by atoms with Crippen LogP contribution in [0.1, 0.15) is 51.4 Å². The zero-order valence-electron chi connectivity index (χ0n) is 17.2. The largest absolute Gasteiger partial charge is 0.394 e. The molecule has 30 heavy (non-hydrogen) atoms. The molecule has 2 saturated heterocycles. The van der Waals surface area contributed by atoms with Gasteiger partial charge in [0.2, 0.25) is 0 Å². The standard InChI is InChI=1S/C21H36O9/c22-9-16-17(25)18(26)19(27)21(30-16)29-15-8-10-3-1-2-4-14(10)28-20(15)11-5-6-12(23)13(24)7-11/h10-27H,1-9H2/t10?,11?,12?,13?,14?,15?,16-,17-,18+,19-,20?,21-/m1/s1. The van der Waals surface area contributed by atoms with Crippen LogP contribution in [0.4, 0.5) is 0 Å². The Morgan fingerprint density at radius 3 is 2.23 bits per heavy atom. The molecule has 9 heteroatoms. The zero-order chi connectivity index (χ0) is 21.4. The SMILES string of the molecule is OC[C@H]1O[C@@H](OC2CC3CCCCC3OC2C2CCC(O)C(O)C2)[C@H](O)[C@@H](O)[C@@H]1O. The molecule has 9 nitrogen and oxygen atoms in total. The Hall–Kier alpha value is -0.360. The van der Waals surface area contributed by atoms with Crippen molar-refractivity contribution in [3.8, 4) is 0 Å². The molecule has 7 unspecified atom stereocenters. The first-order valence-electron chi connectivity index (χ1n) is 11.4. The quantitative estimate of drug-likeness (QED) is 0.330. The van der Waals surface area contributed by atoms with Crippen LogP contribution in [0.25, 0.3) is 0 Å². The predicted molar refractivity (Wildman–Crippen MR) is 103 cm³/mol. The van der Waals surface area contributed by atoms with Crippen molar-refractivity contribution in [1.82, 2.24) is 0 Å². The number of aliphatic hydroxyl groups is 6. The zero-order valence-corrected chi connectivity index (χ0v) is 17.2. The number of hydrogen-bond acceptors (Lipinski definition) is 9. The molecule has 2 aliphatic heterocycles. The van der Waals surface area contributed by atoms with E-state index in [-0.39, 0.29) is 18.1 Å². The molecule has 4 rings (SSSR count). The van der Waals surface area contributed by atoms with Crippen LogP contribution < -0.4 is 0 Å². The van der Waals surface area contributed by atoms with Gasteiger partial charge in [-0.1, -0.05) is 12.8 Å². The van der Waals surface area contributed by atoms with Crippen LogP contribution in [0.3, 0.4) is 0 Å². The molecule has 4 fully saturated rings. The molecule has 0 spiro atoms. The van der Waals surface area contributed by atoms with Gasteiger partial charge in [-0.25, -0.2) is 0 Å². The van der Waals surface area contributed by atoms with Crippen LogP contribution >= 0.6 is 0 Å². The molecule has 0 bridgehead atoms. The number of aliphatic hydroxyl groups excluding tert-OH is 6. The van der Waals surface area contributed by atoms with Gasteiger partial charge in [0.15, 0.2) is 6.29 Å². The van der Waals surface area contributed by atoms with Crippen molar-refractivity contribution in [3.05, 3.63) is 0 Å². The first kappa shape index (κ1) is 22.8. The van der Waals surface area contributed by atoms with Gasteiger partial charge in [-0.2, -0.15) is 0 Å². The lowest BCUT2D eigenvalue weighted by Crippen LogP contribution is -2.61. The number of rotatable bonds is 4. The van der Waals surface area contributed by atoms with Gasteiger partial charge in [0.05, 0.1) is 37.1 Å². The van der Waals surface area contributed by atoms with Crippen LogP contribution in [0.2, 0.25) is 0 Å². The highest BCUT2D eigenvalue weighted by Gasteiger charge is 2.49. The Morgan fingerprint density at radius 1 is 0.733 bits per heavy atom. The molecular weight excluding hydrogens is 396 g/mol. The molecule has 2 heterocycles. The Morgan fingerprint density at radius 2 is 1.50 bits per heavy atom. The topological polar surface area (TPSA) is 149 Å². The highest BCUT2D eigenvalue weighted by Crippen LogP contribution is 2.43. The number of hydrogen-bond donors (Lipinski definition) is 6. The maximum absolute atomic E-state index is 10.4. The summed E-state index contributed by atoms with van der Waals surface area (Å²) in [5.41, 5.74) is 0. The third kappa shape index (κ3) is 4.55. The fourth-order valence-corrected chi connectivity index (χ4v) is 5.70. The third-order valence-corrected chi connectivity index (χ3v) is 7.52. The summed E-state index contributed by atoms with van der Waals surface area (Å²) in [4.78, 5) is 0. The fourth-order valence-electron chi connectivity index (χ4n) is 5.70. The Kier molecular flexibility index (Phi) is 7.33. The second-order valence-corrected chi connectivity index (χ2v) is 9.50. The van der Waals surface area contributed by atoms with E-state index in [0.29, 0.717) is 25.2 Å². The minimum Gasteiger partial charge on any atom is -0.394 e.